The summed E-state index contributed by atoms with van der Waals surface area (Å²) in [6.45, 7) is 0.813. The molecule has 0 atom stereocenters. The van der Waals surface area contributed by atoms with Gasteiger partial charge >= 0.3 is 0 Å². The van der Waals surface area contributed by atoms with E-state index in [0.717, 1.165) is 6.07 Å². The van der Waals surface area contributed by atoms with Gasteiger partial charge in [-0.05, 0) is 37.1 Å². The van der Waals surface area contributed by atoms with Crippen molar-refractivity contribution in [2.24, 2.45) is 0 Å². The fraction of sp³-hybridized carbons (Fsp3) is 0.312. The van der Waals surface area contributed by atoms with Crippen LogP contribution in [0.5, 0.6) is 0 Å². The minimum Gasteiger partial charge on any atom is -0.459 e. The lowest BCUT2D eigenvalue weighted by Crippen LogP contribution is -2.46. The summed E-state index contributed by atoms with van der Waals surface area (Å²) < 4.78 is 45.8. The fourth-order valence-electron chi connectivity index (χ4n) is 2.70. The Morgan fingerprint density at radius 2 is 1.88 bits per heavy atom. The van der Waals surface area contributed by atoms with E-state index in [4.69, 9.17) is 4.42 Å². The van der Waals surface area contributed by atoms with Gasteiger partial charge in [-0.3, -0.25) is 4.79 Å². The largest absolute Gasteiger partial charge is 0.459 e. The molecule has 1 aliphatic heterocycles. The van der Waals surface area contributed by atoms with Crippen molar-refractivity contribution < 1.29 is 22.0 Å². The molecule has 0 bridgehead atoms. The van der Waals surface area contributed by atoms with Crippen molar-refractivity contribution in [3.05, 3.63) is 54.2 Å². The summed E-state index contributed by atoms with van der Waals surface area (Å²) in [5.41, 5.74) is 0. The maximum atomic E-state index is 13.7. The molecule has 6 nitrogen and oxygen atoms in total. The lowest BCUT2D eigenvalue weighted by atomic mass is 10.1. The fourth-order valence-corrected chi connectivity index (χ4v) is 4.09. The molecule has 1 N–H and O–H groups in total. The van der Waals surface area contributed by atoms with Crippen LogP contribution in [0.25, 0.3) is 0 Å². The Bertz CT molecular complexity index is 812. The van der Waals surface area contributed by atoms with E-state index in [0.29, 0.717) is 25.9 Å². The molecule has 0 spiro atoms. The number of hydrogen-bond acceptors (Lipinski definition) is 4. The second-order valence-corrected chi connectivity index (χ2v) is 7.28. The second kappa shape index (κ2) is 6.74. The van der Waals surface area contributed by atoms with Gasteiger partial charge in [0.15, 0.2) is 5.76 Å². The highest BCUT2D eigenvalue weighted by Gasteiger charge is 2.28. The second-order valence-electron chi connectivity index (χ2n) is 5.60. The highest BCUT2D eigenvalue weighted by molar-refractivity contribution is 7.89. The smallest absolute Gasteiger partial charge is 0.289 e. The van der Waals surface area contributed by atoms with Crippen LogP contribution in [0.2, 0.25) is 0 Å². The predicted octanol–water partition coefficient (Wildman–Crippen LogP) is 2.00. The van der Waals surface area contributed by atoms with Gasteiger partial charge in [0.1, 0.15) is 10.7 Å². The topological polar surface area (TPSA) is 79.6 Å². The Labute approximate surface area is 139 Å². The zero-order chi connectivity index (χ0) is 17.2. The van der Waals surface area contributed by atoms with Crippen molar-refractivity contribution in [1.29, 1.82) is 0 Å². The number of amides is 1. The van der Waals surface area contributed by atoms with E-state index in [9.17, 15) is 17.6 Å². The Hall–Kier alpha value is -2.19. The molecule has 24 heavy (non-hydrogen) atoms. The number of rotatable bonds is 4. The first-order chi connectivity index (χ1) is 11.5. The number of carbonyl (C=O) groups excluding carboxylic acids is 1. The molecule has 8 heteroatoms. The molecule has 0 radical (unpaired) electrons. The predicted molar refractivity (Wildman–Crippen MR) is 84.4 cm³/mol. The molecule has 1 aromatic carbocycles. The number of sulfonamides is 1. The van der Waals surface area contributed by atoms with E-state index in [2.05, 4.69) is 4.72 Å². The van der Waals surface area contributed by atoms with Crippen molar-refractivity contribution in [3.8, 4) is 0 Å². The normalized spacial score (nSPS) is 16.3. The van der Waals surface area contributed by atoms with Gasteiger partial charge in [0.2, 0.25) is 10.0 Å². The number of furan rings is 1. The van der Waals surface area contributed by atoms with Crippen molar-refractivity contribution in [3.63, 3.8) is 0 Å². The number of benzene rings is 1. The molecule has 0 aliphatic carbocycles. The summed E-state index contributed by atoms with van der Waals surface area (Å²) >= 11 is 0. The molecule has 0 unspecified atom stereocenters. The minimum absolute atomic E-state index is 0.213. The first kappa shape index (κ1) is 16.7. The van der Waals surface area contributed by atoms with Gasteiger partial charge in [-0.1, -0.05) is 12.1 Å². The van der Waals surface area contributed by atoms with Gasteiger partial charge < -0.3 is 9.32 Å². The van der Waals surface area contributed by atoms with Crippen LogP contribution in [-0.4, -0.2) is 38.4 Å². The number of hydrogen-bond donors (Lipinski definition) is 1. The van der Waals surface area contributed by atoms with Crippen LogP contribution in [-0.2, 0) is 10.0 Å². The highest BCUT2D eigenvalue weighted by atomic mass is 32.2. The van der Waals surface area contributed by atoms with E-state index in [-0.39, 0.29) is 22.6 Å². The molecule has 1 amide bonds. The Morgan fingerprint density at radius 3 is 2.50 bits per heavy atom. The molecular weight excluding hydrogens is 335 g/mol. The molecule has 0 saturated carbocycles. The van der Waals surface area contributed by atoms with Crippen LogP contribution in [0.15, 0.2) is 52.0 Å². The average molecular weight is 352 g/mol. The number of piperidine rings is 1. The number of nitrogens with one attached hydrogen (secondary N) is 1. The van der Waals surface area contributed by atoms with Gasteiger partial charge in [-0.15, -0.1) is 0 Å². The van der Waals surface area contributed by atoms with Gasteiger partial charge in [-0.25, -0.2) is 17.5 Å². The summed E-state index contributed by atoms with van der Waals surface area (Å²) in [6, 6.07) is 8.15. The van der Waals surface area contributed by atoms with Gasteiger partial charge in [0.05, 0.1) is 6.26 Å². The standard InChI is InChI=1S/C16H17FN2O4S/c17-13-4-1-2-6-15(13)24(21,22)18-12-7-9-19(10-8-12)16(20)14-5-3-11-23-14/h1-6,11-12,18H,7-10H2. The van der Waals surface area contributed by atoms with Crippen LogP contribution >= 0.6 is 0 Å². The summed E-state index contributed by atoms with van der Waals surface area (Å²) in [6.07, 6.45) is 2.35. The van der Waals surface area contributed by atoms with E-state index in [1.807, 2.05) is 0 Å². The number of carbonyl (C=O) groups is 1. The summed E-state index contributed by atoms with van der Waals surface area (Å²) in [7, 11) is -3.92. The molecule has 2 aromatic rings. The third kappa shape index (κ3) is 3.49. The summed E-state index contributed by atoms with van der Waals surface area (Å²) in [5, 5.41) is 0. The van der Waals surface area contributed by atoms with E-state index in [1.165, 1.54) is 24.5 Å². The summed E-state index contributed by atoms with van der Waals surface area (Å²) in [5.74, 6) is -0.730. The van der Waals surface area contributed by atoms with Gasteiger partial charge in [0.25, 0.3) is 5.91 Å². The molecule has 2 heterocycles. The van der Waals surface area contributed by atoms with Crippen LogP contribution in [0.4, 0.5) is 4.39 Å². The van der Waals surface area contributed by atoms with Gasteiger partial charge in [0, 0.05) is 19.1 Å². The van der Waals surface area contributed by atoms with E-state index < -0.39 is 15.8 Å². The van der Waals surface area contributed by atoms with Crippen LogP contribution in [0, 0.1) is 5.82 Å². The summed E-state index contributed by atoms with van der Waals surface area (Å²) in [4.78, 5) is 13.4. The van der Waals surface area contributed by atoms with Crippen molar-refractivity contribution in [2.75, 3.05) is 13.1 Å². The number of nitrogens with zero attached hydrogens (tertiary/aromatic N) is 1. The van der Waals surface area contributed by atoms with E-state index >= 15 is 0 Å². The average Bonchev–Trinajstić information content (AvgIpc) is 3.09. The maximum Gasteiger partial charge on any atom is 0.289 e. The van der Waals surface area contributed by atoms with Crippen molar-refractivity contribution >= 4 is 15.9 Å². The maximum absolute atomic E-state index is 13.7. The zero-order valence-electron chi connectivity index (χ0n) is 12.8. The lowest BCUT2D eigenvalue weighted by Gasteiger charge is -2.31. The molecule has 1 aromatic heterocycles. The third-order valence-electron chi connectivity index (χ3n) is 3.96. The van der Waals surface area contributed by atoms with Crippen molar-refractivity contribution in [2.45, 2.75) is 23.8 Å². The highest BCUT2D eigenvalue weighted by Crippen LogP contribution is 2.18. The van der Waals surface area contributed by atoms with Crippen LogP contribution in [0.3, 0.4) is 0 Å². The monoisotopic (exact) mass is 352 g/mol. The Morgan fingerprint density at radius 1 is 1.17 bits per heavy atom. The first-order valence-corrected chi connectivity index (χ1v) is 9.05. The Balaban J connectivity index is 1.61. The number of halogens is 1. The lowest BCUT2D eigenvalue weighted by molar-refractivity contribution is 0.0679. The van der Waals surface area contributed by atoms with Crippen LogP contribution in [0.1, 0.15) is 23.4 Å². The SMILES string of the molecule is O=C(c1ccco1)N1CCC(NS(=O)(=O)c2ccccc2F)CC1. The molecule has 1 aliphatic rings. The molecule has 3 rings (SSSR count). The molecule has 1 fully saturated rings. The third-order valence-corrected chi connectivity index (χ3v) is 5.52. The van der Waals surface area contributed by atoms with E-state index in [1.54, 1.807) is 17.0 Å². The number of likely N-dealkylation sites (tertiary alicyclic amines) is 1. The Kier molecular flexibility index (Phi) is 4.68. The molecule has 128 valence electrons. The quantitative estimate of drug-likeness (QED) is 0.913. The first-order valence-electron chi connectivity index (χ1n) is 7.57. The molecular formula is C16H17FN2O4S. The van der Waals surface area contributed by atoms with Crippen molar-refractivity contribution in [1.82, 2.24) is 9.62 Å². The zero-order valence-corrected chi connectivity index (χ0v) is 13.6. The molecule has 1 saturated heterocycles. The minimum atomic E-state index is -3.92. The van der Waals surface area contributed by atoms with Crippen LogP contribution < -0.4 is 4.72 Å². The van der Waals surface area contributed by atoms with Gasteiger partial charge in [-0.2, -0.15) is 0 Å².